The monoisotopic (exact) mass is 368 g/mol. The SMILES string of the molecule is CN(C)C(CNC(=O)Cc1n[nH]c(=O)c2ccccc12)c1cccc(F)c1. The summed E-state index contributed by atoms with van der Waals surface area (Å²) in [7, 11) is 3.75. The Labute approximate surface area is 156 Å². The summed E-state index contributed by atoms with van der Waals surface area (Å²) in [5.74, 6) is -0.530. The zero-order chi connectivity index (χ0) is 19.4. The fourth-order valence-corrected chi connectivity index (χ4v) is 3.04. The lowest BCUT2D eigenvalue weighted by Gasteiger charge is -2.25. The van der Waals surface area contributed by atoms with Crippen LogP contribution in [0.3, 0.4) is 0 Å². The number of rotatable bonds is 6. The second-order valence-corrected chi connectivity index (χ2v) is 6.56. The zero-order valence-corrected chi connectivity index (χ0v) is 15.2. The molecule has 0 fully saturated rings. The molecule has 0 aliphatic heterocycles. The van der Waals surface area contributed by atoms with E-state index in [1.807, 2.05) is 25.1 Å². The van der Waals surface area contributed by atoms with Crippen molar-refractivity contribution in [2.75, 3.05) is 20.6 Å². The van der Waals surface area contributed by atoms with Crippen LogP contribution in [-0.2, 0) is 11.2 Å². The average molecular weight is 368 g/mol. The minimum absolute atomic E-state index is 0.0423. The molecule has 0 spiro atoms. The Kier molecular flexibility index (Phi) is 5.61. The number of nitrogens with one attached hydrogen (secondary N) is 2. The Hall–Kier alpha value is -3.06. The van der Waals surface area contributed by atoms with E-state index in [0.717, 1.165) is 5.56 Å². The molecule has 2 aromatic carbocycles. The van der Waals surface area contributed by atoms with Gasteiger partial charge in [-0.05, 0) is 37.9 Å². The van der Waals surface area contributed by atoms with Crippen molar-refractivity contribution in [2.45, 2.75) is 12.5 Å². The third kappa shape index (κ3) is 4.38. The number of likely N-dealkylation sites (N-methyl/N-ethyl adjacent to an activating group) is 1. The fourth-order valence-electron chi connectivity index (χ4n) is 3.04. The summed E-state index contributed by atoms with van der Waals surface area (Å²) in [6, 6.07) is 13.2. The molecule has 6 nitrogen and oxygen atoms in total. The van der Waals surface area contributed by atoms with Gasteiger partial charge in [0, 0.05) is 11.9 Å². The highest BCUT2D eigenvalue weighted by molar-refractivity contribution is 5.88. The number of aromatic nitrogens is 2. The van der Waals surface area contributed by atoms with E-state index in [-0.39, 0.29) is 29.7 Å². The van der Waals surface area contributed by atoms with E-state index in [1.54, 1.807) is 30.3 Å². The fraction of sp³-hybridized carbons (Fsp3) is 0.250. The Balaban J connectivity index is 1.72. The molecule has 27 heavy (non-hydrogen) atoms. The quantitative estimate of drug-likeness (QED) is 0.698. The number of carbonyl (C=O) groups excluding carboxylic acids is 1. The molecule has 1 unspecified atom stereocenters. The molecular weight excluding hydrogens is 347 g/mol. The predicted octanol–water partition coefficient (Wildman–Crippen LogP) is 2.02. The van der Waals surface area contributed by atoms with Crippen LogP contribution in [0, 0.1) is 5.82 Å². The van der Waals surface area contributed by atoms with Crippen LogP contribution in [0.15, 0.2) is 53.3 Å². The Bertz CT molecular complexity index is 1020. The van der Waals surface area contributed by atoms with Crippen LogP contribution in [0.5, 0.6) is 0 Å². The van der Waals surface area contributed by atoms with Crippen LogP contribution in [0.25, 0.3) is 10.8 Å². The van der Waals surface area contributed by atoms with Gasteiger partial charge in [-0.25, -0.2) is 9.49 Å². The van der Waals surface area contributed by atoms with Gasteiger partial charge < -0.3 is 10.2 Å². The molecule has 7 heteroatoms. The van der Waals surface area contributed by atoms with E-state index < -0.39 is 0 Å². The smallest absolute Gasteiger partial charge is 0.272 e. The summed E-state index contributed by atoms with van der Waals surface area (Å²) in [4.78, 5) is 26.2. The molecule has 0 aliphatic rings. The van der Waals surface area contributed by atoms with Crippen LogP contribution < -0.4 is 10.9 Å². The lowest BCUT2D eigenvalue weighted by Crippen LogP contribution is -2.35. The van der Waals surface area contributed by atoms with Crippen LogP contribution in [0.4, 0.5) is 4.39 Å². The van der Waals surface area contributed by atoms with Gasteiger partial charge in [0.05, 0.1) is 23.5 Å². The largest absolute Gasteiger partial charge is 0.354 e. The minimum Gasteiger partial charge on any atom is -0.354 e. The van der Waals surface area contributed by atoms with Crippen molar-refractivity contribution in [3.8, 4) is 0 Å². The molecule has 0 saturated carbocycles. The number of hydrogen-bond acceptors (Lipinski definition) is 4. The van der Waals surface area contributed by atoms with E-state index in [1.165, 1.54) is 12.1 Å². The van der Waals surface area contributed by atoms with E-state index in [4.69, 9.17) is 0 Å². The Morgan fingerprint density at radius 1 is 1.19 bits per heavy atom. The summed E-state index contributed by atoms with van der Waals surface area (Å²) >= 11 is 0. The van der Waals surface area contributed by atoms with Crippen molar-refractivity contribution in [1.82, 2.24) is 20.4 Å². The van der Waals surface area contributed by atoms with Gasteiger partial charge in [0.25, 0.3) is 5.56 Å². The van der Waals surface area contributed by atoms with Gasteiger partial charge in [0.1, 0.15) is 5.82 Å². The number of fused-ring (bicyclic) bond motifs is 1. The first-order chi connectivity index (χ1) is 13.0. The van der Waals surface area contributed by atoms with Gasteiger partial charge in [0.2, 0.25) is 5.91 Å². The Morgan fingerprint density at radius 3 is 2.63 bits per heavy atom. The van der Waals surface area contributed by atoms with E-state index in [9.17, 15) is 14.0 Å². The second-order valence-electron chi connectivity index (χ2n) is 6.56. The summed E-state index contributed by atoms with van der Waals surface area (Å²) < 4.78 is 13.5. The molecular formula is C20H21FN4O2. The van der Waals surface area contributed by atoms with Crippen LogP contribution in [0.1, 0.15) is 17.3 Å². The number of halogens is 1. The maximum absolute atomic E-state index is 13.5. The van der Waals surface area contributed by atoms with Crippen molar-refractivity contribution in [3.63, 3.8) is 0 Å². The first kappa shape index (κ1) is 18.7. The van der Waals surface area contributed by atoms with Gasteiger partial charge in [-0.1, -0.05) is 30.3 Å². The first-order valence-corrected chi connectivity index (χ1v) is 8.60. The van der Waals surface area contributed by atoms with Crippen LogP contribution in [0.2, 0.25) is 0 Å². The summed E-state index contributed by atoms with van der Waals surface area (Å²) in [5.41, 5.74) is 1.01. The van der Waals surface area contributed by atoms with Gasteiger partial charge in [-0.15, -0.1) is 0 Å². The van der Waals surface area contributed by atoms with Crippen molar-refractivity contribution in [1.29, 1.82) is 0 Å². The van der Waals surface area contributed by atoms with Gasteiger partial charge in [-0.3, -0.25) is 9.59 Å². The van der Waals surface area contributed by atoms with Crippen LogP contribution in [-0.4, -0.2) is 41.6 Å². The number of H-pyrrole nitrogens is 1. The van der Waals surface area contributed by atoms with Crippen molar-refractivity contribution in [3.05, 3.63) is 76.0 Å². The van der Waals surface area contributed by atoms with Gasteiger partial charge in [-0.2, -0.15) is 5.10 Å². The molecule has 2 N–H and O–H groups in total. The van der Waals surface area contributed by atoms with Crippen molar-refractivity contribution < 1.29 is 9.18 Å². The highest BCUT2D eigenvalue weighted by Crippen LogP contribution is 2.18. The number of amides is 1. The highest BCUT2D eigenvalue weighted by atomic mass is 19.1. The third-order valence-corrected chi connectivity index (χ3v) is 4.45. The third-order valence-electron chi connectivity index (χ3n) is 4.45. The highest BCUT2D eigenvalue weighted by Gasteiger charge is 2.17. The zero-order valence-electron chi connectivity index (χ0n) is 15.2. The van der Waals surface area contributed by atoms with Crippen molar-refractivity contribution >= 4 is 16.7 Å². The minimum atomic E-state index is -0.311. The molecule has 3 rings (SSSR count). The molecule has 1 heterocycles. The molecule has 1 aromatic heterocycles. The van der Waals surface area contributed by atoms with E-state index >= 15 is 0 Å². The molecule has 0 saturated heterocycles. The first-order valence-electron chi connectivity index (χ1n) is 8.60. The topological polar surface area (TPSA) is 78.1 Å². The number of nitrogens with zero attached hydrogens (tertiary/aromatic N) is 2. The normalized spacial score (nSPS) is 12.3. The van der Waals surface area contributed by atoms with E-state index in [2.05, 4.69) is 15.5 Å². The average Bonchev–Trinajstić information content (AvgIpc) is 2.64. The number of carbonyl (C=O) groups is 1. The molecule has 140 valence electrons. The molecule has 1 atom stereocenters. The molecule has 0 bridgehead atoms. The molecule has 1 amide bonds. The summed E-state index contributed by atoms with van der Waals surface area (Å²) in [6.07, 6.45) is 0.0423. The molecule has 0 radical (unpaired) electrons. The summed E-state index contributed by atoms with van der Waals surface area (Å²) in [6.45, 7) is 0.330. The van der Waals surface area contributed by atoms with Gasteiger partial charge >= 0.3 is 0 Å². The number of benzene rings is 2. The predicted molar refractivity (Wildman–Crippen MR) is 102 cm³/mol. The second kappa shape index (κ2) is 8.09. The van der Waals surface area contributed by atoms with Crippen LogP contribution >= 0.6 is 0 Å². The molecule has 0 aliphatic carbocycles. The standard InChI is InChI=1S/C20H21FN4O2/c1-25(2)18(13-6-5-7-14(21)10-13)12-22-19(26)11-17-15-8-3-4-9-16(15)20(27)24-23-17/h3-10,18H,11-12H2,1-2H3,(H,22,26)(H,24,27). The van der Waals surface area contributed by atoms with Gasteiger partial charge in [0.15, 0.2) is 0 Å². The number of hydrogen-bond donors (Lipinski definition) is 2. The maximum atomic E-state index is 13.5. The Morgan fingerprint density at radius 2 is 1.93 bits per heavy atom. The molecule has 3 aromatic rings. The summed E-state index contributed by atoms with van der Waals surface area (Å²) in [5, 5.41) is 10.5. The van der Waals surface area contributed by atoms with Crippen molar-refractivity contribution in [2.24, 2.45) is 0 Å². The lowest BCUT2D eigenvalue weighted by molar-refractivity contribution is -0.120. The van der Waals surface area contributed by atoms with E-state index in [0.29, 0.717) is 23.0 Å². The maximum Gasteiger partial charge on any atom is 0.272 e. The number of aromatic amines is 1. The lowest BCUT2D eigenvalue weighted by atomic mass is 10.1.